The van der Waals surface area contributed by atoms with Crippen LogP contribution in [0.3, 0.4) is 0 Å². The van der Waals surface area contributed by atoms with E-state index < -0.39 is 22.5 Å². The van der Waals surface area contributed by atoms with Crippen LogP contribution in [0.1, 0.15) is 22.8 Å². The molecule has 180 valence electrons. The van der Waals surface area contributed by atoms with Crippen LogP contribution in [-0.2, 0) is 21.4 Å². The zero-order valence-corrected chi connectivity index (χ0v) is 20.1. The third-order valence-electron chi connectivity index (χ3n) is 5.12. The van der Waals surface area contributed by atoms with Crippen LogP contribution in [0.15, 0.2) is 59.6 Å². The van der Waals surface area contributed by atoms with Gasteiger partial charge in [-0.2, -0.15) is 9.40 Å². The summed E-state index contributed by atoms with van der Waals surface area (Å²) in [5.41, 5.74) is 1.19. The standard InChI is InChI=1S/C23H26N4O6S/c1-16(28)17-8-10-19(11-9-17)34(30,31)26(2)15-22(29)25-21-12-13-24-27(21)14-18-6-5-7-20(32-3)23(18)33-4/h5-13H,14-15H2,1-4H3,(H,25,29). The first kappa shape index (κ1) is 24.9. The summed E-state index contributed by atoms with van der Waals surface area (Å²) in [5, 5.41) is 6.93. The third kappa shape index (κ3) is 5.43. The molecule has 0 spiro atoms. The van der Waals surface area contributed by atoms with Crippen molar-refractivity contribution in [1.29, 1.82) is 0 Å². The lowest BCUT2D eigenvalue weighted by Crippen LogP contribution is -2.35. The molecule has 0 fully saturated rings. The van der Waals surface area contributed by atoms with Crippen LogP contribution in [0.5, 0.6) is 11.5 Å². The highest BCUT2D eigenvalue weighted by molar-refractivity contribution is 7.89. The first-order valence-electron chi connectivity index (χ1n) is 10.3. The van der Waals surface area contributed by atoms with Gasteiger partial charge in [-0.25, -0.2) is 13.1 Å². The van der Waals surface area contributed by atoms with Crippen LogP contribution >= 0.6 is 0 Å². The molecule has 1 aromatic heterocycles. The monoisotopic (exact) mass is 486 g/mol. The average Bonchev–Trinajstić information content (AvgIpc) is 3.24. The van der Waals surface area contributed by atoms with Crippen molar-refractivity contribution in [2.45, 2.75) is 18.4 Å². The fraction of sp³-hybridized carbons (Fsp3) is 0.261. The normalized spacial score (nSPS) is 11.3. The zero-order chi connectivity index (χ0) is 24.9. The first-order valence-corrected chi connectivity index (χ1v) is 11.7. The number of hydrogen-bond acceptors (Lipinski definition) is 7. The number of hydrogen-bond donors (Lipinski definition) is 1. The smallest absolute Gasteiger partial charge is 0.243 e. The fourth-order valence-corrected chi connectivity index (χ4v) is 4.44. The number of methoxy groups -OCH3 is 2. The molecular formula is C23H26N4O6S. The summed E-state index contributed by atoms with van der Waals surface area (Å²) in [5.74, 6) is 0.817. The number of Topliss-reactive ketones (excluding diaryl/α,β-unsaturated/α-hetero) is 1. The highest BCUT2D eigenvalue weighted by atomic mass is 32.2. The number of sulfonamides is 1. The summed E-state index contributed by atoms with van der Waals surface area (Å²) in [6, 6.07) is 12.6. The van der Waals surface area contributed by atoms with E-state index in [1.165, 1.54) is 51.5 Å². The number of anilines is 1. The van der Waals surface area contributed by atoms with Crippen LogP contribution in [0.4, 0.5) is 5.82 Å². The number of ether oxygens (including phenoxy) is 2. The SMILES string of the molecule is COc1cccc(Cn2nccc2NC(=O)CN(C)S(=O)(=O)c2ccc(C(C)=O)cc2)c1OC. The average molecular weight is 487 g/mol. The molecule has 0 radical (unpaired) electrons. The van der Waals surface area contributed by atoms with Gasteiger partial charge in [0.05, 0.1) is 38.4 Å². The first-order chi connectivity index (χ1) is 16.2. The number of rotatable bonds is 10. The van der Waals surface area contributed by atoms with E-state index in [2.05, 4.69) is 10.4 Å². The Hall–Kier alpha value is -3.70. The third-order valence-corrected chi connectivity index (χ3v) is 6.94. The van der Waals surface area contributed by atoms with E-state index in [0.717, 1.165) is 9.87 Å². The van der Waals surface area contributed by atoms with Gasteiger partial charge >= 0.3 is 0 Å². The van der Waals surface area contributed by atoms with Crippen molar-refractivity contribution in [1.82, 2.24) is 14.1 Å². The molecule has 0 aliphatic carbocycles. The minimum atomic E-state index is -3.92. The summed E-state index contributed by atoms with van der Waals surface area (Å²) >= 11 is 0. The number of nitrogens with one attached hydrogen (secondary N) is 1. The molecule has 0 aliphatic rings. The van der Waals surface area contributed by atoms with Crippen LogP contribution in [-0.4, -0.2) is 62.0 Å². The fourth-order valence-electron chi connectivity index (χ4n) is 3.32. The molecule has 11 heteroatoms. The number of ketones is 1. The summed E-state index contributed by atoms with van der Waals surface area (Å²) in [7, 11) is 0.473. The Labute approximate surface area is 198 Å². The Morgan fingerprint density at radius 3 is 2.38 bits per heavy atom. The number of benzene rings is 2. The van der Waals surface area contributed by atoms with Gasteiger partial charge in [-0.1, -0.05) is 24.3 Å². The van der Waals surface area contributed by atoms with Gasteiger partial charge in [0.25, 0.3) is 0 Å². The number of para-hydroxylation sites is 1. The maximum Gasteiger partial charge on any atom is 0.243 e. The minimum absolute atomic E-state index is 0.0111. The molecule has 1 N–H and O–H groups in total. The number of carbonyl (C=O) groups is 2. The van der Waals surface area contributed by atoms with Gasteiger partial charge in [0.2, 0.25) is 15.9 Å². The molecule has 0 aliphatic heterocycles. The highest BCUT2D eigenvalue weighted by Gasteiger charge is 2.24. The van der Waals surface area contributed by atoms with Gasteiger partial charge in [-0.3, -0.25) is 9.59 Å². The van der Waals surface area contributed by atoms with E-state index in [-0.39, 0.29) is 10.7 Å². The maximum atomic E-state index is 12.8. The molecule has 0 saturated carbocycles. The van der Waals surface area contributed by atoms with E-state index in [0.29, 0.717) is 29.4 Å². The van der Waals surface area contributed by atoms with Crippen molar-refractivity contribution in [3.63, 3.8) is 0 Å². The molecule has 2 aromatic carbocycles. The van der Waals surface area contributed by atoms with Crippen molar-refractivity contribution in [2.75, 3.05) is 33.1 Å². The van der Waals surface area contributed by atoms with Crippen molar-refractivity contribution in [3.05, 3.63) is 65.9 Å². The summed E-state index contributed by atoms with van der Waals surface area (Å²) < 4.78 is 38.9. The maximum absolute atomic E-state index is 12.8. The van der Waals surface area contributed by atoms with E-state index in [9.17, 15) is 18.0 Å². The van der Waals surface area contributed by atoms with Crippen LogP contribution < -0.4 is 14.8 Å². The van der Waals surface area contributed by atoms with Gasteiger partial charge < -0.3 is 14.8 Å². The highest BCUT2D eigenvalue weighted by Crippen LogP contribution is 2.31. The van der Waals surface area contributed by atoms with E-state index in [1.807, 2.05) is 12.1 Å². The van der Waals surface area contributed by atoms with Gasteiger partial charge in [-0.15, -0.1) is 0 Å². The lowest BCUT2D eigenvalue weighted by molar-refractivity contribution is -0.116. The Balaban J connectivity index is 1.71. The Morgan fingerprint density at radius 2 is 1.76 bits per heavy atom. The molecule has 0 bridgehead atoms. The van der Waals surface area contributed by atoms with E-state index in [1.54, 1.807) is 23.9 Å². The predicted octanol–water partition coefficient (Wildman–Crippen LogP) is 2.41. The number of likely N-dealkylation sites (N-methyl/N-ethyl adjacent to an activating group) is 1. The molecule has 0 saturated heterocycles. The molecule has 0 unspecified atom stereocenters. The molecule has 1 amide bonds. The van der Waals surface area contributed by atoms with Crippen molar-refractivity contribution < 1.29 is 27.5 Å². The molecule has 3 aromatic rings. The predicted molar refractivity (Wildman–Crippen MR) is 126 cm³/mol. The quantitative estimate of drug-likeness (QED) is 0.437. The summed E-state index contributed by atoms with van der Waals surface area (Å²) in [4.78, 5) is 24.0. The summed E-state index contributed by atoms with van der Waals surface area (Å²) in [6.07, 6.45) is 1.53. The van der Waals surface area contributed by atoms with E-state index in [4.69, 9.17) is 9.47 Å². The molecule has 10 nitrogen and oxygen atoms in total. The number of nitrogens with zero attached hydrogens (tertiary/aromatic N) is 3. The van der Waals surface area contributed by atoms with Crippen LogP contribution in [0.25, 0.3) is 0 Å². The topological polar surface area (TPSA) is 120 Å². The zero-order valence-electron chi connectivity index (χ0n) is 19.3. The second-order valence-corrected chi connectivity index (χ2v) is 9.46. The molecule has 1 heterocycles. The van der Waals surface area contributed by atoms with Gasteiger partial charge in [-0.05, 0) is 25.1 Å². The van der Waals surface area contributed by atoms with Crippen molar-refractivity contribution in [2.24, 2.45) is 0 Å². The number of aromatic nitrogens is 2. The number of amides is 1. The lowest BCUT2D eigenvalue weighted by Gasteiger charge is -2.18. The Kier molecular flexibility index (Phi) is 7.69. The van der Waals surface area contributed by atoms with Crippen LogP contribution in [0.2, 0.25) is 0 Å². The summed E-state index contributed by atoms with van der Waals surface area (Å²) in [6.45, 7) is 1.28. The number of carbonyl (C=O) groups excluding carboxylic acids is 2. The second kappa shape index (κ2) is 10.5. The molecule has 3 rings (SSSR count). The lowest BCUT2D eigenvalue weighted by atomic mass is 10.2. The largest absolute Gasteiger partial charge is 0.493 e. The van der Waals surface area contributed by atoms with Gasteiger partial charge in [0.15, 0.2) is 17.3 Å². The van der Waals surface area contributed by atoms with E-state index >= 15 is 0 Å². The van der Waals surface area contributed by atoms with Gasteiger partial charge in [0, 0.05) is 24.2 Å². The minimum Gasteiger partial charge on any atom is -0.493 e. The Morgan fingerprint density at radius 1 is 1.06 bits per heavy atom. The van der Waals surface area contributed by atoms with Crippen LogP contribution in [0, 0.1) is 0 Å². The molecule has 34 heavy (non-hydrogen) atoms. The molecule has 0 atom stereocenters. The van der Waals surface area contributed by atoms with Crippen molar-refractivity contribution in [3.8, 4) is 11.5 Å². The van der Waals surface area contributed by atoms with Crippen molar-refractivity contribution >= 4 is 27.5 Å². The second-order valence-electron chi connectivity index (χ2n) is 7.42. The van der Waals surface area contributed by atoms with Gasteiger partial charge in [0.1, 0.15) is 5.82 Å². The Bertz CT molecular complexity index is 1290. The molecular weight excluding hydrogens is 460 g/mol.